The van der Waals surface area contributed by atoms with Gasteiger partial charge in [0, 0.05) is 5.92 Å². The van der Waals surface area contributed by atoms with Gasteiger partial charge in [0.25, 0.3) is 0 Å². The number of aliphatic hydroxyl groups excluding tert-OH is 5. The number of hydrogen-bond acceptors (Lipinski definition) is 12. The lowest BCUT2D eigenvalue weighted by molar-refractivity contribution is -0.344. The van der Waals surface area contributed by atoms with Crippen LogP contribution in [0.5, 0.6) is 11.5 Å². The summed E-state index contributed by atoms with van der Waals surface area (Å²) >= 11 is 0. The van der Waals surface area contributed by atoms with Gasteiger partial charge in [0.1, 0.15) is 36.1 Å². The lowest BCUT2D eigenvalue weighted by atomic mass is 9.82. The molecule has 1 aromatic rings. The molecular weight excluding hydrogens is 492 g/mol. The molecule has 37 heavy (non-hydrogen) atoms. The van der Waals surface area contributed by atoms with Crippen LogP contribution >= 0.6 is 0 Å². The fraction of sp³-hybridized carbons (Fsp3) is 0.560. The molecule has 0 spiro atoms. The number of ether oxygens (including phenoxy) is 5. The topological polar surface area (TPSA) is 188 Å². The number of aliphatic hydroxyl groups is 5. The highest BCUT2D eigenvalue weighted by Crippen LogP contribution is 2.62. The molecule has 12 nitrogen and oxygen atoms in total. The van der Waals surface area contributed by atoms with Crippen LogP contribution < -0.4 is 4.74 Å². The maximum atomic E-state index is 13.3. The number of ketones is 1. The normalized spacial score (nSPS) is 42.2. The summed E-state index contributed by atoms with van der Waals surface area (Å²) in [4.78, 5) is 13.3. The summed E-state index contributed by atoms with van der Waals surface area (Å²) in [7, 11) is 1.42. The molecule has 1 saturated carbocycles. The number of methoxy groups -OCH3 is 1. The average Bonchev–Trinajstić information content (AvgIpc) is 3.56. The molecule has 0 aromatic heterocycles. The molecule has 0 amide bonds. The van der Waals surface area contributed by atoms with Gasteiger partial charge in [0.2, 0.25) is 6.29 Å². The molecular formula is C25H30O12. The third kappa shape index (κ3) is 4.33. The molecule has 0 unspecified atom stereocenters. The van der Waals surface area contributed by atoms with Crippen LogP contribution in [0, 0.1) is 17.8 Å². The minimum atomic E-state index is -1.64. The summed E-state index contributed by atoms with van der Waals surface area (Å²) in [6.07, 6.45) is -3.14. The first-order valence-electron chi connectivity index (χ1n) is 11.9. The second kappa shape index (κ2) is 9.97. The summed E-state index contributed by atoms with van der Waals surface area (Å²) in [5, 5.41) is 59.9. The highest BCUT2D eigenvalue weighted by Gasteiger charge is 2.76. The number of hydrogen-bond donors (Lipinski definition) is 6. The van der Waals surface area contributed by atoms with Crippen molar-refractivity contribution in [1.29, 1.82) is 0 Å². The summed E-state index contributed by atoms with van der Waals surface area (Å²) in [5.74, 6) is -1.77. The minimum absolute atomic E-state index is 0.0264. The van der Waals surface area contributed by atoms with E-state index in [2.05, 4.69) is 0 Å². The van der Waals surface area contributed by atoms with Crippen LogP contribution in [0.1, 0.15) is 5.56 Å². The molecule has 3 fully saturated rings. The quantitative estimate of drug-likeness (QED) is 0.175. The highest BCUT2D eigenvalue weighted by molar-refractivity contribution is 5.97. The van der Waals surface area contributed by atoms with E-state index in [1.54, 1.807) is 24.3 Å². The van der Waals surface area contributed by atoms with Crippen molar-refractivity contribution < 1.29 is 59.1 Å². The Hall–Kier alpha value is -2.55. The van der Waals surface area contributed by atoms with Crippen LogP contribution in [-0.4, -0.2) is 105 Å². The number of rotatable bonds is 8. The Bertz CT molecular complexity index is 1070. The Labute approximate surface area is 211 Å². The molecule has 3 heterocycles. The highest BCUT2D eigenvalue weighted by atomic mass is 16.8. The minimum Gasteiger partial charge on any atom is -0.504 e. The standard InChI is InChI=1S/C25H30O12/c1-33-15-8-11(2-4-13(15)28)3-5-14(29)17-12-6-7-34-23(18(12)25(10-27)22(17)37-25)36-24-21(32)20(31)19(30)16(9-26)35-24/h2-8,12,16-24,26-28,30-32H,9-10H2,1H3/b5-3+/t12-,16-,17+,18+,19-,20-,21+,22+,23-,24+,25-/m1/s1. The van der Waals surface area contributed by atoms with Crippen molar-refractivity contribution in [3.8, 4) is 11.5 Å². The molecule has 2 saturated heterocycles. The van der Waals surface area contributed by atoms with Crippen LogP contribution in [0.4, 0.5) is 0 Å². The number of allylic oxidation sites excluding steroid dienone is 2. The first-order chi connectivity index (χ1) is 17.7. The fourth-order valence-corrected chi connectivity index (χ4v) is 5.64. The number of aromatic hydroxyl groups is 1. The van der Waals surface area contributed by atoms with E-state index in [1.807, 2.05) is 0 Å². The molecule has 4 aliphatic rings. The average molecular weight is 523 g/mol. The van der Waals surface area contributed by atoms with Crippen LogP contribution in [0.3, 0.4) is 0 Å². The molecule has 6 N–H and O–H groups in total. The maximum absolute atomic E-state index is 13.3. The first kappa shape index (κ1) is 26.1. The number of benzene rings is 1. The van der Waals surface area contributed by atoms with Gasteiger partial charge in [-0.05, 0) is 29.8 Å². The summed E-state index contributed by atoms with van der Waals surface area (Å²) < 4.78 is 27.9. The van der Waals surface area contributed by atoms with Crippen LogP contribution in [-0.2, 0) is 23.7 Å². The zero-order valence-corrected chi connectivity index (χ0v) is 19.9. The zero-order chi connectivity index (χ0) is 26.5. The summed E-state index contributed by atoms with van der Waals surface area (Å²) in [5.41, 5.74) is -0.488. The number of carbonyl (C=O) groups is 1. The molecule has 5 rings (SSSR count). The van der Waals surface area contributed by atoms with Gasteiger partial charge in [-0.25, -0.2) is 0 Å². The van der Waals surface area contributed by atoms with Gasteiger partial charge in [0.05, 0.1) is 38.4 Å². The molecule has 0 bridgehead atoms. The smallest absolute Gasteiger partial charge is 0.208 e. The molecule has 0 radical (unpaired) electrons. The van der Waals surface area contributed by atoms with Gasteiger partial charge in [-0.1, -0.05) is 12.1 Å². The SMILES string of the molecule is COc1cc(/C=C/C(=O)[C@@H]2[C@H]3C=CO[C@H](O[C@@H]4O[C@H](CO)[C@@H](O)[C@@H](O)[C@@H]4O)[C@H]3[C@@]3(CO)O[C@@H]23)ccc1O. The molecule has 202 valence electrons. The lowest BCUT2D eigenvalue weighted by Crippen LogP contribution is -2.60. The van der Waals surface area contributed by atoms with E-state index < -0.39 is 79.7 Å². The van der Waals surface area contributed by atoms with Crippen molar-refractivity contribution in [2.45, 2.75) is 48.7 Å². The van der Waals surface area contributed by atoms with Gasteiger partial charge in [-0.3, -0.25) is 4.79 Å². The third-order valence-electron chi connectivity index (χ3n) is 7.63. The van der Waals surface area contributed by atoms with Crippen molar-refractivity contribution >= 4 is 11.9 Å². The Morgan fingerprint density at radius 2 is 1.92 bits per heavy atom. The first-order valence-corrected chi connectivity index (χ1v) is 11.9. The van der Waals surface area contributed by atoms with Crippen LogP contribution in [0.15, 0.2) is 36.6 Å². The number of carbonyl (C=O) groups excluding carboxylic acids is 1. The molecule has 1 aliphatic carbocycles. The van der Waals surface area contributed by atoms with E-state index in [-0.39, 0.29) is 17.3 Å². The van der Waals surface area contributed by atoms with Gasteiger partial charge < -0.3 is 54.3 Å². The van der Waals surface area contributed by atoms with E-state index in [9.17, 15) is 35.4 Å². The van der Waals surface area contributed by atoms with Crippen LogP contribution in [0.2, 0.25) is 0 Å². The summed E-state index contributed by atoms with van der Waals surface area (Å²) in [6, 6.07) is 4.67. The van der Waals surface area contributed by atoms with E-state index in [0.717, 1.165) is 0 Å². The van der Waals surface area contributed by atoms with Crippen molar-refractivity contribution in [1.82, 2.24) is 0 Å². The maximum Gasteiger partial charge on any atom is 0.208 e. The number of fused-ring (bicyclic) bond motifs is 3. The van der Waals surface area contributed by atoms with Gasteiger partial charge in [0.15, 0.2) is 23.6 Å². The van der Waals surface area contributed by atoms with Crippen molar-refractivity contribution in [2.75, 3.05) is 20.3 Å². The monoisotopic (exact) mass is 522 g/mol. The largest absolute Gasteiger partial charge is 0.504 e. The number of phenolic OH excluding ortho intramolecular Hbond substituents is 1. The molecule has 11 atom stereocenters. The number of phenols is 1. The van der Waals surface area contributed by atoms with E-state index >= 15 is 0 Å². The van der Waals surface area contributed by atoms with Crippen LogP contribution in [0.25, 0.3) is 6.08 Å². The number of epoxide rings is 1. The Morgan fingerprint density at radius 3 is 2.62 bits per heavy atom. The van der Waals surface area contributed by atoms with Crippen molar-refractivity contribution in [3.63, 3.8) is 0 Å². The fourth-order valence-electron chi connectivity index (χ4n) is 5.64. The molecule has 1 aromatic carbocycles. The van der Waals surface area contributed by atoms with Crippen molar-refractivity contribution in [2.24, 2.45) is 17.8 Å². The Morgan fingerprint density at radius 1 is 1.14 bits per heavy atom. The second-order valence-corrected chi connectivity index (χ2v) is 9.61. The lowest BCUT2D eigenvalue weighted by Gasteiger charge is -2.43. The second-order valence-electron chi connectivity index (χ2n) is 9.61. The predicted molar refractivity (Wildman–Crippen MR) is 123 cm³/mol. The van der Waals surface area contributed by atoms with Gasteiger partial charge >= 0.3 is 0 Å². The Balaban J connectivity index is 1.35. The van der Waals surface area contributed by atoms with E-state index in [0.29, 0.717) is 5.56 Å². The van der Waals surface area contributed by atoms with Gasteiger partial charge in [-0.15, -0.1) is 0 Å². The molecule has 12 heteroatoms. The summed E-state index contributed by atoms with van der Waals surface area (Å²) in [6.45, 7) is -1.03. The van der Waals surface area contributed by atoms with Crippen molar-refractivity contribution in [3.05, 3.63) is 42.2 Å². The third-order valence-corrected chi connectivity index (χ3v) is 7.63. The predicted octanol–water partition coefficient (Wildman–Crippen LogP) is -1.34. The Kier molecular flexibility index (Phi) is 7.02. The van der Waals surface area contributed by atoms with Gasteiger partial charge in [-0.2, -0.15) is 0 Å². The zero-order valence-electron chi connectivity index (χ0n) is 19.9. The van der Waals surface area contributed by atoms with E-state index in [1.165, 1.54) is 25.5 Å². The van der Waals surface area contributed by atoms with E-state index in [4.69, 9.17) is 23.7 Å². The molecule has 3 aliphatic heterocycles.